The van der Waals surface area contributed by atoms with Crippen molar-refractivity contribution in [3.8, 4) is 0 Å². The van der Waals surface area contributed by atoms with Crippen LogP contribution in [0.1, 0.15) is 26.7 Å². The third kappa shape index (κ3) is 2.78. The number of rotatable bonds is 6. The zero-order chi connectivity index (χ0) is 13.1. The van der Waals surface area contributed by atoms with E-state index in [1.807, 2.05) is 13.8 Å². The number of hydrogen-bond acceptors (Lipinski definition) is 4. The van der Waals surface area contributed by atoms with Gasteiger partial charge in [-0.2, -0.15) is 4.31 Å². The molecule has 0 spiro atoms. The van der Waals surface area contributed by atoms with Gasteiger partial charge in [-0.3, -0.25) is 0 Å². The third-order valence-electron chi connectivity index (χ3n) is 2.44. The Kier molecular flexibility index (Phi) is 4.53. The highest BCUT2D eigenvalue weighted by Gasteiger charge is 2.28. The highest BCUT2D eigenvalue weighted by Crippen LogP contribution is 2.20. The lowest BCUT2D eigenvalue weighted by atomic mass is 10.4. The normalized spacial score (nSPS) is 12.2. The molecule has 0 bridgehead atoms. The van der Waals surface area contributed by atoms with Crippen LogP contribution in [0.15, 0.2) is 11.4 Å². The van der Waals surface area contributed by atoms with E-state index in [1.165, 1.54) is 15.2 Å². The molecule has 0 aliphatic heterocycles. The topological polar surface area (TPSA) is 81.2 Å². The van der Waals surface area contributed by atoms with Gasteiger partial charge in [-0.05, 0) is 12.8 Å². The second-order valence-electron chi connectivity index (χ2n) is 3.95. The minimum absolute atomic E-state index is 0.0599. The number of imidazole rings is 1. The maximum absolute atomic E-state index is 12.4. The second kappa shape index (κ2) is 5.50. The molecule has 0 aromatic carbocycles. The van der Waals surface area contributed by atoms with Gasteiger partial charge in [0.15, 0.2) is 10.8 Å². The van der Waals surface area contributed by atoms with Gasteiger partial charge >= 0.3 is 0 Å². The average Bonchev–Trinajstić information content (AvgIpc) is 2.58. The first kappa shape index (κ1) is 14.0. The van der Waals surface area contributed by atoms with Gasteiger partial charge in [0.05, 0.1) is 6.33 Å². The lowest BCUT2D eigenvalue weighted by Crippen LogP contribution is -2.34. The molecule has 0 aliphatic rings. The fourth-order valence-corrected chi connectivity index (χ4v) is 3.54. The highest BCUT2D eigenvalue weighted by molar-refractivity contribution is 7.89. The molecule has 0 amide bonds. The molecule has 1 heterocycles. The molecule has 7 heteroatoms. The summed E-state index contributed by atoms with van der Waals surface area (Å²) in [7, 11) is -1.90. The highest BCUT2D eigenvalue weighted by atomic mass is 32.2. The number of nitrogen functional groups attached to an aromatic ring is 1. The Morgan fingerprint density at radius 3 is 2.24 bits per heavy atom. The quantitative estimate of drug-likeness (QED) is 0.820. The molecule has 0 aliphatic carbocycles. The monoisotopic (exact) mass is 260 g/mol. The summed E-state index contributed by atoms with van der Waals surface area (Å²) < 4.78 is 27.7. The summed E-state index contributed by atoms with van der Waals surface area (Å²) >= 11 is 0. The second-order valence-corrected chi connectivity index (χ2v) is 5.80. The maximum Gasteiger partial charge on any atom is 0.262 e. The van der Waals surface area contributed by atoms with E-state index in [0.717, 1.165) is 12.8 Å². The number of aromatic nitrogens is 2. The molecule has 1 aromatic rings. The van der Waals surface area contributed by atoms with Crippen LogP contribution in [0.4, 0.5) is 5.82 Å². The molecular weight excluding hydrogens is 240 g/mol. The Morgan fingerprint density at radius 1 is 1.35 bits per heavy atom. The number of anilines is 1. The van der Waals surface area contributed by atoms with E-state index in [2.05, 4.69) is 4.98 Å². The summed E-state index contributed by atoms with van der Waals surface area (Å²) in [6, 6.07) is 0. The fraction of sp³-hybridized carbons (Fsp3) is 0.700. The Hall–Kier alpha value is -1.08. The van der Waals surface area contributed by atoms with Crippen LogP contribution in [-0.4, -0.2) is 35.4 Å². The van der Waals surface area contributed by atoms with E-state index in [9.17, 15) is 8.42 Å². The van der Waals surface area contributed by atoms with Crippen LogP contribution in [0.25, 0.3) is 0 Å². The van der Waals surface area contributed by atoms with E-state index < -0.39 is 10.0 Å². The van der Waals surface area contributed by atoms with E-state index in [0.29, 0.717) is 13.1 Å². The number of hydrogen-bond donors (Lipinski definition) is 1. The first-order valence-corrected chi connectivity index (χ1v) is 7.16. The largest absolute Gasteiger partial charge is 0.381 e. The van der Waals surface area contributed by atoms with Crippen LogP contribution in [0.5, 0.6) is 0 Å². The third-order valence-corrected chi connectivity index (χ3v) is 4.47. The molecule has 17 heavy (non-hydrogen) atoms. The smallest absolute Gasteiger partial charge is 0.262 e. The molecule has 2 N–H and O–H groups in total. The molecule has 0 fully saturated rings. The van der Waals surface area contributed by atoms with Crippen LogP contribution >= 0.6 is 0 Å². The van der Waals surface area contributed by atoms with Gasteiger partial charge in [-0.15, -0.1) is 0 Å². The number of nitrogens with two attached hydrogens (primary N) is 1. The number of sulfonamides is 1. The lowest BCUT2D eigenvalue weighted by Gasteiger charge is -2.21. The van der Waals surface area contributed by atoms with Gasteiger partial charge in [0.2, 0.25) is 0 Å². The lowest BCUT2D eigenvalue weighted by molar-refractivity contribution is 0.406. The Balaban J connectivity index is 3.16. The van der Waals surface area contributed by atoms with Gasteiger partial charge in [0, 0.05) is 20.1 Å². The van der Waals surface area contributed by atoms with Crippen LogP contribution in [-0.2, 0) is 17.1 Å². The Bertz CT molecular complexity index is 441. The van der Waals surface area contributed by atoms with Crippen molar-refractivity contribution in [2.75, 3.05) is 18.8 Å². The van der Waals surface area contributed by atoms with Gasteiger partial charge in [0.1, 0.15) is 0 Å². The van der Waals surface area contributed by atoms with Crippen molar-refractivity contribution in [1.29, 1.82) is 0 Å². The maximum atomic E-state index is 12.4. The van der Waals surface area contributed by atoms with Gasteiger partial charge < -0.3 is 10.3 Å². The molecule has 0 unspecified atom stereocenters. The van der Waals surface area contributed by atoms with Gasteiger partial charge in [0.25, 0.3) is 10.0 Å². The molecule has 6 nitrogen and oxygen atoms in total. The molecule has 0 saturated heterocycles. The van der Waals surface area contributed by atoms with E-state index in [1.54, 1.807) is 7.05 Å². The fourth-order valence-electron chi connectivity index (χ4n) is 1.72. The van der Waals surface area contributed by atoms with Crippen molar-refractivity contribution >= 4 is 15.8 Å². The molecule has 0 saturated carbocycles. The van der Waals surface area contributed by atoms with Crippen molar-refractivity contribution in [2.45, 2.75) is 31.7 Å². The van der Waals surface area contributed by atoms with E-state index in [4.69, 9.17) is 5.73 Å². The van der Waals surface area contributed by atoms with Crippen molar-refractivity contribution in [3.05, 3.63) is 6.33 Å². The SMILES string of the molecule is CCCN(CCC)S(=O)(=O)c1c(N)ncn1C. The average molecular weight is 260 g/mol. The summed E-state index contributed by atoms with van der Waals surface area (Å²) in [4.78, 5) is 3.82. The summed E-state index contributed by atoms with van der Waals surface area (Å²) in [5, 5.41) is 0.0828. The standard InChI is InChI=1S/C10H20N4O2S/c1-4-6-14(7-5-2)17(15,16)10-9(11)12-8-13(10)3/h8H,4-7,11H2,1-3H3. The van der Waals surface area contributed by atoms with E-state index in [-0.39, 0.29) is 10.8 Å². The zero-order valence-electron chi connectivity index (χ0n) is 10.5. The number of aryl methyl sites for hydroxylation is 1. The van der Waals surface area contributed by atoms with Crippen LogP contribution < -0.4 is 5.73 Å². The Morgan fingerprint density at radius 2 is 1.88 bits per heavy atom. The molecular formula is C10H20N4O2S. The molecule has 98 valence electrons. The summed E-state index contributed by atoms with van der Waals surface area (Å²) in [6.07, 6.45) is 2.96. The summed E-state index contributed by atoms with van der Waals surface area (Å²) in [6.45, 7) is 4.90. The number of nitrogens with zero attached hydrogens (tertiary/aromatic N) is 3. The van der Waals surface area contributed by atoms with Gasteiger partial charge in [-0.1, -0.05) is 13.8 Å². The van der Waals surface area contributed by atoms with Crippen molar-refractivity contribution < 1.29 is 8.42 Å². The van der Waals surface area contributed by atoms with Crippen LogP contribution in [0, 0.1) is 0 Å². The minimum atomic E-state index is -3.53. The predicted octanol–water partition coefficient (Wildman–Crippen LogP) is 0.813. The van der Waals surface area contributed by atoms with Crippen molar-refractivity contribution in [2.24, 2.45) is 7.05 Å². The molecule has 1 aromatic heterocycles. The summed E-state index contributed by atoms with van der Waals surface area (Å²) in [5.41, 5.74) is 5.62. The van der Waals surface area contributed by atoms with Crippen molar-refractivity contribution in [3.63, 3.8) is 0 Å². The van der Waals surface area contributed by atoms with Crippen LogP contribution in [0.3, 0.4) is 0 Å². The molecule has 0 atom stereocenters. The summed E-state index contributed by atoms with van der Waals surface area (Å²) in [5.74, 6) is 0.0599. The van der Waals surface area contributed by atoms with Crippen LogP contribution in [0.2, 0.25) is 0 Å². The van der Waals surface area contributed by atoms with Crippen molar-refractivity contribution in [1.82, 2.24) is 13.9 Å². The predicted molar refractivity (Wildman–Crippen MR) is 67.0 cm³/mol. The zero-order valence-corrected chi connectivity index (χ0v) is 11.4. The van der Waals surface area contributed by atoms with Gasteiger partial charge in [-0.25, -0.2) is 13.4 Å². The first-order chi connectivity index (χ1) is 7.95. The minimum Gasteiger partial charge on any atom is -0.381 e. The molecule has 0 radical (unpaired) electrons. The molecule has 1 rings (SSSR count). The Labute approximate surface area is 102 Å². The first-order valence-electron chi connectivity index (χ1n) is 5.72. The van der Waals surface area contributed by atoms with E-state index >= 15 is 0 Å².